The number of ether oxygens (including phenoxy) is 1. The van der Waals surface area contributed by atoms with Gasteiger partial charge in [-0.25, -0.2) is 4.79 Å². The van der Waals surface area contributed by atoms with E-state index in [1.807, 2.05) is 30.5 Å². The van der Waals surface area contributed by atoms with E-state index < -0.39 is 30.6 Å². The largest absolute Gasteiger partial charge is 0.480 e. The molecule has 0 radical (unpaired) electrons. The number of piperazine rings is 1. The molecule has 3 amide bonds. The van der Waals surface area contributed by atoms with Gasteiger partial charge in [0.25, 0.3) is 0 Å². The molecule has 10 heteroatoms. The number of aliphatic carboxylic acids is 1. The predicted molar refractivity (Wildman–Crippen MR) is 109 cm³/mol. The highest BCUT2D eigenvalue weighted by Crippen LogP contribution is 2.25. The number of carboxylic acid groups (broad SMARTS) is 1. The smallest absolute Gasteiger partial charge is 0.329 e. The molecule has 3 atom stereocenters. The van der Waals surface area contributed by atoms with Crippen LogP contribution >= 0.6 is 0 Å². The summed E-state index contributed by atoms with van der Waals surface area (Å²) in [5.74, 6) is -1.95. The summed E-state index contributed by atoms with van der Waals surface area (Å²) in [6.45, 7) is -0.555. The molecule has 2 aliphatic rings. The van der Waals surface area contributed by atoms with E-state index in [0.29, 0.717) is 25.8 Å². The quantitative estimate of drug-likeness (QED) is 0.481. The van der Waals surface area contributed by atoms with Gasteiger partial charge in [0.2, 0.25) is 17.7 Å². The van der Waals surface area contributed by atoms with Gasteiger partial charge in [-0.05, 0) is 24.5 Å². The molecule has 4 N–H and O–H groups in total. The van der Waals surface area contributed by atoms with Gasteiger partial charge in [0.15, 0.2) is 0 Å². The maximum absolute atomic E-state index is 13.0. The Kier molecular flexibility index (Phi) is 5.90. The second-order valence-electron chi connectivity index (χ2n) is 7.85. The van der Waals surface area contributed by atoms with Crippen LogP contribution in [0.5, 0.6) is 0 Å². The standard InChI is InChI=1S/C21H24N4O6/c26-18(10-31-11-19(27)28)23-13-5-6-25-17(8-13)20(29)24-16(21(25)30)7-12-9-22-15-4-2-1-3-14(12)15/h1-4,9,13,16-17,22H,5-8,10-11H2,(H,23,26)(H,24,29)(H,27,28). The lowest BCUT2D eigenvalue weighted by Gasteiger charge is -2.44. The Morgan fingerprint density at radius 2 is 2.03 bits per heavy atom. The second kappa shape index (κ2) is 8.76. The molecule has 0 bridgehead atoms. The summed E-state index contributed by atoms with van der Waals surface area (Å²) in [7, 11) is 0. The third-order valence-electron chi connectivity index (χ3n) is 5.73. The highest BCUT2D eigenvalue weighted by molar-refractivity contribution is 5.98. The van der Waals surface area contributed by atoms with Crippen molar-refractivity contribution in [1.82, 2.24) is 20.5 Å². The average Bonchev–Trinajstić information content (AvgIpc) is 3.14. The number of piperidine rings is 1. The summed E-state index contributed by atoms with van der Waals surface area (Å²) in [5.41, 5.74) is 1.95. The van der Waals surface area contributed by atoms with Crippen molar-refractivity contribution >= 4 is 34.6 Å². The number of hydrogen-bond acceptors (Lipinski definition) is 5. The van der Waals surface area contributed by atoms with Crippen molar-refractivity contribution in [2.45, 2.75) is 37.4 Å². The number of nitrogens with one attached hydrogen (secondary N) is 3. The van der Waals surface area contributed by atoms with Gasteiger partial charge in [-0.2, -0.15) is 0 Å². The summed E-state index contributed by atoms with van der Waals surface area (Å²) in [6.07, 6.45) is 3.09. The first-order valence-corrected chi connectivity index (χ1v) is 10.2. The fourth-order valence-corrected chi connectivity index (χ4v) is 4.30. The van der Waals surface area contributed by atoms with Crippen LogP contribution in [0.4, 0.5) is 0 Å². The Hall–Kier alpha value is -3.40. The van der Waals surface area contributed by atoms with Gasteiger partial charge in [-0.1, -0.05) is 18.2 Å². The molecule has 2 fully saturated rings. The van der Waals surface area contributed by atoms with E-state index in [1.165, 1.54) is 0 Å². The number of carbonyl (C=O) groups is 4. The van der Waals surface area contributed by atoms with E-state index in [-0.39, 0.29) is 24.5 Å². The minimum atomic E-state index is -1.15. The van der Waals surface area contributed by atoms with Crippen LogP contribution in [-0.2, 0) is 30.3 Å². The van der Waals surface area contributed by atoms with Crippen LogP contribution in [0, 0.1) is 0 Å². The van der Waals surface area contributed by atoms with Crippen molar-refractivity contribution in [3.63, 3.8) is 0 Å². The lowest BCUT2D eigenvalue weighted by atomic mass is 9.91. The highest BCUT2D eigenvalue weighted by atomic mass is 16.5. The Morgan fingerprint density at radius 1 is 1.23 bits per heavy atom. The highest BCUT2D eigenvalue weighted by Gasteiger charge is 2.44. The van der Waals surface area contributed by atoms with Crippen LogP contribution in [0.1, 0.15) is 18.4 Å². The number of carboxylic acids is 1. The van der Waals surface area contributed by atoms with E-state index in [9.17, 15) is 19.2 Å². The summed E-state index contributed by atoms with van der Waals surface area (Å²) < 4.78 is 4.78. The first-order valence-electron chi connectivity index (χ1n) is 10.2. The molecule has 1 aromatic carbocycles. The van der Waals surface area contributed by atoms with E-state index in [4.69, 9.17) is 9.84 Å². The number of para-hydroxylation sites is 1. The number of hydrogen-bond donors (Lipinski definition) is 4. The topological polar surface area (TPSA) is 141 Å². The van der Waals surface area contributed by atoms with Gasteiger partial charge in [-0.15, -0.1) is 0 Å². The maximum atomic E-state index is 13.0. The minimum Gasteiger partial charge on any atom is -0.480 e. The van der Waals surface area contributed by atoms with Crippen molar-refractivity contribution < 1.29 is 29.0 Å². The molecule has 0 saturated carbocycles. The Labute approximate surface area is 177 Å². The van der Waals surface area contributed by atoms with Crippen molar-refractivity contribution in [1.29, 1.82) is 0 Å². The van der Waals surface area contributed by atoms with Gasteiger partial charge in [0.1, 0.15) is 25.3 Å². The molecule has 3 unspecified atom stereocenters. The number of aromatic nitrogens is 1. The van der Waals surface area contributed by atoms with E-state index >= 15 is 0 Å². The van der Waals surface area contributed by atoms with E-state index in [2.05, 4.69) is 15.6 Å². The molecule has 2 saturated heterocycles. The van der Waals surface area contributed by atoms with Gasteiger partial charge >= 0.3 is 5.97 Å². The van der Waals surface area contributed by atoms with Crippen LogP contribution in [0.3, 0.4) is 0 Å². The van der Waals surface area contributed by atoms with Gasteiger partial charge in [0.05, 0.1) is 0 Å². The van der Waals surface area contributed by atoms with Crippen LogP contribution in [0.2, 0.25) is 0 Å². The first-order chi connectivity index (χ1) is 14.9. The maximum Gasteiger partial charge on any atom is 0.329 e. The van der Waals surface area contributed by atoms with Crippen LogP contribution in [-0.4, -0.2) is 76.6 Å². The zero-order valence-electron chi connectivity index (χ0n) is 16.8. The van der Waals surface area contributed by atoms with Gasteiger partial charge < -0.3 is 30.4 Å². The molecule has 1 aromatic heterocycles. The number of rotatable bonds is 7. The molecule has 0 aliphatic carbocycles. The van der Waals surface area contributed by atoms with Crippen molar-refractivity contribution in [2.75, 3.05) is 19.8 Å². The lowest BCUT2D eigenvalue weighted by Crippen LogP contribution is -2.67. The summed E-state index contributed by atoms with van der Waals surface area (Å²) in [6, 6.07) is 6.26. The zero-order valence-corrected chi connectivity index (χ0v) is 16.8. The third-order valence-corrected chi connectivity index (χ3v) is 5.73. The third kappa shape index (κ3) is 4.53. The summed E-state index contributed by atoms with van der Waals surface area (Å²) >= 11 is 0. The van der Waals surface area contributed by atoms with Crippen LogP contribution < -0.4 is 10.6 Å². The Balaban J connectivity index is 1.36. The molecule has 2 aromatic rings. The van der Waals surface area contributed by atoms with E-state index in [0.717, 1.165) is 16.5 Å². The number of benzene rings is 1. The van der Waals surface area contributed by atoms with E-state index in [1.54, 1.807) is 4.90 Å². The molecule has 10 nitrogen and oxygen atoms in total. The number of aromatic amines is 1. The minimum absolute atomic E-state index is 0.121. The number of nitrogens with zero attached hydrogens (tertiary/aromatic N) is 1. The molecule has 0 spiro atoms. The molecule has 3 heterocycles. The fourth-order valence-electron chi connectivity index (χ4n) is 4.30. The van der Waals surface area contributed by atoms with Crippen LogP contribution in [0.25, 0.3) is 10.9 Å². The SMILES string of the molecule is O=C(O)COCC(=O)NC1CCN2C(=O)C(Cc3c[nH]c4ccccc34)NC(=O)C2C1. The molecule has 4 rings (SSSR count). The van der Waals surface area contributed by atoms with Crippen molar-refractivity contribution in [3.05, 3.63) is 36.0 Å². The van der Waals surface area contributed by atoms with Gasteiger partial charge in [-0.3, -0.25) is 14.4 Å². The Morgan fingerprint density at radius 3 is 2.84 bits per heavy atom. The van der Waals surface area contributed by atoms with Crippen molar-refractivity contribution in [2.24, 2.45) is 0 Å². The molecular weight excluding hydrogens is 404 g/mol. The predicted octanol–water partition coefficient (Wildman–Crippen LogP) is -0.214. The normalized spacial score (nSPS) is 23.4. The molecule has 2 aliphatic heterocycles. The number of carbonyl (C=O) groups excluding carboxylic acids is 3. The summed E-state index contributed by atoms with van der Waals surface area (Å²) in [4.78, 5) is 52.9. The Bertz CT molecular complexity index is 1020. The lowest BCUT2D eigenvalue weighted by molar-refractivity contribution is -0.152. The second-order valence-corrected chi connectivity index (χ2v) is 7.85. The van der Waals surface area contributed by atoms with Crippen molar-refractivity contribution in [3.8, 4) is 0 Å². The molecule has 31 heavy (non-hydrogen) atoms. The molecular formula is C21H24N4O6. The fraction of sp³-hybridized carbons (Fsp3) is 0.429. The monoisotopic (exact) mass is 428 g/mol. The van der Waals surface area contributed by atoms with Crippen LogP contribution in [0.15, 0.2) is 30.5 Å². The van der Waals surface area contributed by atoms with Gasteiger partial charge in [0, 0.05) is 36.1 Å². The zero-order chi connectivity index (χ0) is 22.0. The number of fused-ring (bicyclic) bond motifs is 2. The number of H-pyrrole nitrogens is 1. The summed E-state index contributed by atoms with van der Waals surface area (Å²) in [5, 5.41) is 15.2. The average molecular weight is 428 g/mol. The first kappa shape index (κ1) is 20.9. The molecule has 164 valence electrons. The number of amides is 3.